The zero-order valence-electron chi connectivity index (χ0n) is 7.60. The fourth-order valence-electron chi connectivity index (χ4n) is 1.62. The summed E-state index contributed by atoms with van der Waals surface area (Å²) in [6, 6.07) is 1.71. The van der Waals surface area contributed by atoms with Crippen LogP contribution in [0.5, 0.6) is 0 Å². The third-order valence-corrected chi connectivity index (χ3v) is 2.42. The highest BCUT2D eigenvalue weighted by molar-refractivity contribution is 6.58. The molecule has 0 fully saturated rings. The highest BCUT2D eigenvalue weighted by Crippen LogP contribution is 2.15. The Balaban J connectivity index is 2.36. The minimum atomic E-state index is -1.48. The number of nitrogens with zero attached hydrogens (tertiary/aromatic N) is 1. The highest BCUT2D eigenvalue weighted by atomic mass is 16.4. The third kappa shape index (κ3) is 1.69. The van der Waals surface area contributed by atoms with Crippen LogP contribution in [-0.2, 0) is 17.6 Å². The zero-order valence-corrected chi connectivity index (χ0v) is 7.60. The molecule has 14 heavy (non-hydrogen) atoms. The van der Waals surface area contributed by atoms with Crippen molar-refractivity contribution in [1.82, 2.24) is 4.98 Å². The maximum atomic E-state index is 11.1. The molecule has 0 radical (unpaired) electrons. The minimum absolute atomic E-state index is 0.197. The van der Waals surface area contributed by atoms with Gasteiger partial charge in [-0.3, -0.25) is 9.78 Å². The van der Waals surface area contributed by atoms with Crippen LogP contribution in [0.15, 0.2) is 12.3 Å². The Bertz CT molecular complexity index is 378. The Kier molecular flexibility index (Phi) is 2.35. The molecule has 0 bridgehead atoms. The molecule has 0 aliphatic heterocycles. The van der Waals surface area contributed by atoms with Gasteiger partial charge >= 0.3 is 7.12 Å². The van der Waals surface area contributed by atoms with E-state index in [1.165, 1.54) is 6.20 Å². The first-order chi connectivity index (χ1) is 6.66. The summed E-state index contributed by atoms with van der Waals surface area (Å²) in [5, 5.41) is 17.9. The molecule has 4 nitrogen and oxygen atoms in total. The van der Waals surface area contributed by atoms with Crippen molar-refractivity contribution in [3.05, 3.63) is 23.5 Å². The molecule has 1 heterocycles. The van der Waals surface area contributed by atoms with Gasteiger partial charge < -0.3 is 10.0 Å². The van der Waals surface area contributed by atoms with Gasteiger partial charge in [0, 0.05) is 24.5 Å². The number of ketones is 1. The van der Waals surface area contributed by atoms with Crippen LogP contribution in [-0.4, -0.2) is 27.9 Å². The van der Waals surface area contributed by atoms with Crippen molar-refractivity contribution in [3.8, 4) is 0 Å². The molecule has 5 heteroatoms. The fraction of sp³-hybridized carbons (Fsp3) is 0.333. The fourth-order valence-corrected chi connectivity index (χ4v) is 1.62. The first-order valence-corrected chi connectivity index (χ1v) is 4.52. The largest absolute Gasteiger partial charge is 0.490 e. The van der Waals surface area contributed by atoms with Crippen molar-refractivity contribution >= 4 is 18.4 Å². The number of hydrogen-bond acceptors (Lipinski definition) is 4. The van der Waals surface area contributed by atoms with E-state index in [2.05, 4.69) is 4.98 Å². The molecular weight excluding hydrogens is 181 g/mol. The standard InChI is InChI=1S/C9H10BNO3/c12-8-2-1-6-3-7(10(13)14)5-11-9(6)4-8/h3,5,13-14H,1-2,4H2. The van der Waals surface area contributed by atoms with Gasteiger partial charge in [-0.15, -0.1) is 0 Å². The highest BCUT2D eigenvalue weighted by Gasteiger charge is 2.19. The lowest BCUT2D eigenvalue weighted by atomic mass is 9.79. The summed E-state index contributed by atoms with van der Waals surface area (Å²) in [5.74, 6) is 0.197. The van der Waals surface area contributed by atoms with Crippen LogP contribution in [0, 0.1) is 0 Å². The van der Waals surface area contributed by atoms with Gasteiger partial charge in [-0.2, -0.15) is 0 Å². The molecular formula is C9H10BNO3. The third-order valence-electron chi connectivity index (χ3n) is 2.42. The average molecular weight is 191 g/mol. The Morgan fingerprint density at radius 1 is 1.36 bits per heavy atom. The van der Waals surface area contributed by atoms with E-state index in [0.29, 0.717) is 24.7 Å². The molecule has 2 N–H and O–H groups in total. The number of hydrogen-bond donors (Lipinski definition) is 2. The summed E-state index contributed by atoms with van der Waals surface area (Å²) < 4.78 is 0. The second kappa shape index (κ2) is 3.51. The molecule has 0 aromatic carbocycles. The molecule has 0 saturated carbocycles. The first kappa shape index (κ1) is 9.36. The topological polar surface area (TPSA) is 70.4 Å². The molecule has 0 atom stereocenters. The molecule has 1 aromatic rings. The van der Waals surface area contributed by atoms with E-state index in [4.69, 9.17) is 10.0 Å². The normalized spacial score (nSPS) is 15.1. The first-order valence-electron chi connectivity index (χ1n) is 4.52. The van der Waals surface area contributed by atoms with Crippen LogP contribution < -0.4 is 5.46 Å². The Hall–Kier alpha value is -1.20. The Labute approximate surface area is 81.7 Å². The summed E-state index contributed by atoms with van der Waals surface area (Å²) in [6.07, 6.45) is 2.96. The lowest BCUT2D eigenvalue weighted by Crippen LogP contribution is -2.32. The quantitative estimate of drug-likeness (QED) is 0.548. The molecule has 0 saturated heterocycles. The van der Waals surface area contributed by atoms with Crippen molar-refractivity contribution < 1.29 is 14.8 Å². The van der Waals surface area contributed by atoms with Crippen LogP contribution in [0.25, 0.3) is 0 Å². The molecule has 0 amide bonds. The van der Waals surface area contributed by atoms with Crippen LogP contribution in [0.2, 0.25) is 0 Å². The summed E-state index contributed by atoms with van der Waals surface area (Å²) in [6.45, 7) is 0. The number of rotatable bonds is 1. The van der Waals surface area contributed by atoms with Crippen molar-refractivity contribution in [2.75, 3.05) is 0 Å². The molecule has 1 aliphatic carbocycles. The van der Waals surface area contributed by atoms with Gasteiger partial charge in [0.05, 0.1) is 5.69 Å². The number of pyridine rings is 1. The zero-order chi connectivity index (χ0) is 10.1. The Morgan fingerprint density at radius 2 is 2.14 bits per heavy atom. The van der Waals surface area contributed by atoms with Gasteiger partial charge in [0.25, 0.3) is 0 Å². The second-order valence-electron chi connectivity index (χ2n) is 3.46. The SMILES string of the molecule is O=C1CCc2cc(B(O)O)cnc2C1. The number of fused-ring (bicyclic) bond motifs is 1. The molecule has 1 aromatic heterocycles. The number of carbonyl (C=O) groups excluding carboxylic acids is 1. The maximum absolute atomic E-state index is 11.1. The van der Waals surface area contributed by atoms with E-state index in [-0.39, 0.29) is 5.78 Å². The summed E-state index contributed by atoms with van der Waals surface area (Å²) in [4.78, 5) is 15.2. The van der Waals surface area contributed by atoms with E-state index in [1.807, 2.05) is 0 Å². The lowest BCUT2D eigenvalue weighted by molar-refractivity contribution is -0.118. The lowest BCUT2D eigenvalue weighted by Gasteiger charge is -2.14. The second-order valence-corrected chi connectivity index (χ2v) is 3.46. The van der Waals surface area contributed by atoms with E-state index >= 15 is 0 Å². The van der Waals surface area contributed by atoms with Gasteiger partial charge in [0.1, 0.15) is 5.78 Å². The van der Waals surface area contributed by atoms with Crippen molar-refractivity contribution in [3.63, 3.8) is 0 Å². The van der Waals surface area contributed by atoms with Crippen LogP contribution in [0.1, 0.15) is 17.7 Å². The van der Waals surface area contributed by atoms with Crippen LogP contribution >= 0.6 is 0 Å². The number of aromatic nitrogens is 1. The van der Waals surface area contributed by atoms with Gasteiger partial charge in [-0.25, -0.2) is 0 Å². The molecule has 2 rings (SSSR count). The smallest absolute Gasteiger partial charge is 0.423 e. The van der Waals surface area contributed by atoms with Gasteiger partial charge in [-0.1, -0.05) is 6.07 Å². The van der Waals surface area contributed by atoms with E-state index in [9.17, 15) is 4.79 Å². The summed E-state index contributed by atoms with van der Waals surface area (Å²) in [7, 11) is -1.48. The number of Topliss-reactive ketones (excluding diaryl/α,β-unsaturated/α-hetero) is 1. The van der Waals surface area contributed by atoms with E-state index in [0.717, 1.165) is 11.3 Å². The van der Waals surface area contributed by atoms with Crippen molar-refractivity contribution in [2.24, 2.45) is 0 Å². The Morgan fingerprint density at radius 3 is 2.86 bits per heavy atom. The predicted molar refractivity (Wildman–Crippen MR) is 51.1 cm³/mol. The monoisotopic (exact) mass is 191 g/mol. The van der Waals surface area contributed by atoms with Gasteiger partial charge in [-0.05, 0) is 12.0 Å². The number of carbonyl (C=O) groups is 1. The molecule has 1 aliphatic rings. The van der Waals surface area contributed by atoms with E-state index in [1.54, 1.807) is 6.07 Å². The summed E-state index contributed by atoms with van der Waals surface area (Å²) >= 11 is 0. The maximum Gasteiger partial charge on any atom is 0.490 e. The van der Waals surface area contributed by atoms with Crippen molar-refractivity contribution in [2.45, 2.75) is 19.3 Å². The van der Waals surface area contributed by atoms with Crippen LogP contribution in [0.4, 0.5) is 0 Å². The molecule has 0 spiro atoms. The molecule has 72 valence electrons. The van der Waals surface area contributed by atoms with Gasteiger partial charge in [0.2, 0.25) is 0 Å². The van der Waals surface area contributed by atoms with E-state index < -0.39 is 7.12 Å². The summed E-state index contributed by atoms with van der Waals surface area (Å²) in [5.41, 5.74) is 2.11. The minimum Gasteiger partial charge on any atom is -0.423 e. The van der Waals surface area contributed by atoms with Gasteiger partial charge in [0.15, 0.2) is 0 Å². The predicted octanol–water partition coefficient (Wildman–Crippen LogP) is -1.18. The van der Waals surface area contributed by atoms with Crippen molar-refractivity contribution in [1.29, 1.82) is 0 Å². The molecule has 0 unspecified atom stereocenters. The average Bonchev–Trinajstić information content (AvgIpc) is 2.16. The number of aryl methyl sites for hydroxylation is 1. The van der Waals surface area contributed by atoms with Crippen LogP contribution in [0.3, 0.4) is 0 Å².